The number of carboxylic acids is 2. The fourth-order valence-electron chi connectivity index (χ4n) is 2.58. The van der Waals surface area contributed by atoms with E-state index in [-0.39, 0.29) is 32.1 Å². The molecule has 0 aromatic heterocycles. The average molecular weight is 429 g/mol. The van der Waals surface area contributed by atoms with Gasteiger partial charge in [-0.2, -0.15) is 0 Å². The zero-order valence-corrected chi connectivity index (χ0v) is 17.3. The standard InChI is InChI=1S/C19H31N3O8/c1-11(6-8-15(24)25)18(29)22-14(5-3-4-10-20)17(28)19(30)21-13(12(2)23)7-9-16(26)27/h11,13-14H,3-10,20H2,1-2H3,(H,21,30)(H,22,29)(H,24,25)(H,26,27)/t11-,13-,14-/m0/s1. The molecule has 0 aliphatic rings. The fraction of sp³-hybridized carbons (Fsp3) is 0.684. The molecule has 0 heterocycles. The van der Waals surface area contributed by atoms with E-state index < -0.39 is 53.3 Å². The van der Waals surface area contributed by atoms with E-state index in [1.807, 2.05) is 0 Å². The number of carbonyl (C=O) groups is 6. The Labute approximate surface area is 174 Å². The van der Waals surface area contributed by atoms with E-state index in [0.29, 0.717) is 19.4 Å². The molecule has 0 aliphatic heterocycles. The molecule has 0 aliphatic carbocycles. The van der Waals surface area contributed by atoms with E-state index >= 15 is 0 Å². The Balaban J connectivity index is 5.14. The third kappa shape index (κ3) is 11.2. The number of hydrogen-bond acceptors (Lipinski definition) is 7. The molecule has 11 nitrogen and oxygen atoms in total. The predicted octanol–water partition coefficient (Wildman–Crippen LogP) is -0.391. The van der Waals surface area contributed by atoms with Gasteiger partial charge in [0, 0.05) is 18.8 Å². The molecule has 6 N–H and O–H groups in total. The van der Waals surface area contributed by atoms with Gasteiger partial charge in [0.2, 0.25) is 11.7 Å². The molecule has 0 saturated heterocycles. The van der Waals surface area contributed by atoms with Crippen LogP contribution in [-0.2, 0) is 28.8 Å². The number of aliphatic carboxylic acids is 2. The number of carboxylic acid groups (broad SMARTS) is 2. The number of rotatable bonds is 16. The molecule has 0 spiro atoms. The molecule has 0 aromatic carbocycles. The zero-order chi connectivity index (χ0) is 23.3. The summed E-state index contributed by atoms with van der Waals surface area (Å²) in [6.45, 7) is 3.04. The largest absolute Gasteiger partial charge is 0.481 e. The molecule has 170 valence electrons. The zero-order valence-electron chi connectivity index (χ0n) is 17.3. The van der Waals surface area contributed by atoms with Crippen LogP contribution in [0, 0.1) is 5.92 Å². The van der Waals surface area contributed by atoms with Crippen LogP contribution in [0.15, 0.2) is 0 Å². The lowest BCUT2D eigenvalue weighted by atomic mass is 10.00. The van der Waals surface area contributed by atoms with E-state index in [1.165, 1.54) is 13.8 Å². The normalized spacial score (nSPS) is 13.6. The quantitative estimate of drug-likeness (QED) is 0.160. The molecular formula is C19H31N3O8. The summed E-state index contributed by atoms with van der Waals surface area (Å²) in [5.74, 6) is -6.02. The fourth-order valence-corrected chi connectivity index (χ4v) is 2.58. The molecule has 30 heavy (non-hydrogen) atoms. The maximum atomic E-state index is 12.6. The predicted molar refractivity (Wildman–Crippen MR) is 105 cm³/mol. The first kappa shape index (κ1) is 27.2. The Morgan fingerprint density at radius 2 is 1.40 bits per heavy atom. The maximum Gasteiger partial charge on any atom is 0.303 e. The molecule has 0 rings (SSSR count). The van der Waals surface area contributed by atoms with Crippen molar-refractivity contribution in [2.24, 2.45) is 11.7 Å². The number of ketones is 2. The van der Waals surface area contributed by atoms with Gasteiger partial charge in [-0.25, -0.2) is 0 Å². The summed E-state index contributed by atoms with van der Waals surface area (Å²) in [6.07, 6.45) is 0.477. The Kier molecular flexibility index (Phi) is 12.9. The van der Waals surface area contributed by atoms with Crippen LogP contribution in [0.4, 0.5) is 0 Å². The number of carbonyl (C=O) groups excluding carboxylic acids is 4. The van der Waals surface area contributed by atoms with E-state index in [0.717, 1.165) is 0 Å². The Morgan fingerprint density at radius 1 is 0.833 bits per heavy atom. The van der Waals surface area contributed by atoms with Gasteiger partial charge in [-0.3, -0.25) is 28.8 Å². The van der Waals surface area contributed by atoms with Gasteiger partial charge in [0.1, 0.15) is 0 Å². The minimum Gasteiger partial charge on any atom is -0.481 e. The highest BCUT2D eigenvalue weighted by atomic mass is 16.4. The van der Waals surface area contributed by atoms with Crippen LogP contribution in [0.25, 0.3) is 0 Å². The highest BCUT2D eigenvalue weighted by Crippen LogP contribution is 2.09. The van der Waals surface area contributed by atoms with Crippen molar-refractivity contribution >= 4 is 35.3 Å². The minimum absolute atomic E-state index is 0.0681. The Bertz CT molecular complexity index is 650. The van der Waals surface area contributed by atoms with Crippen LogP contribution >= 0.6 is 0 Å². The first-order valence-electron chi connectivity index (χ1n) is 9.78. The average Bonchev–Trinajstić information content (AvgIpc) is 2.67. The summed E-state index contributed by atoms with van der Waals surface area (Å²) in [7, 11) is 0. The highest BCUT2D eigenvalue weighted by Gasteiger charge is 2.30. The smallest absolute Gasteiger partial charge is 0.303 e. The number of nitrogens with two attached hydrogens (primary N) is 1. The van der Waals surface area contributed by atoms with Crippen molar-refractivity contribution in [3.05, 3.63) is 0 Å². The van der Waals surface area contributed by atoms with Crippen molar-refractivity contribution in [3.63, 3.8) is 0 Å². The first-order valence-corrected chi connectivity index (χ1v) is 9.78. The maximum absolute atomic E-state index is 12.6. The van der Waals surface area contributed by atoms with Crippen LogP contribution in [0.5, 0.6) is 0 Å². The van der Waals surface area contributed by atoms with Gasteiger partial charge in [-0.15, -0.1) is 0 Å². The van der Waals surface area contributed by atoms with Crippen molar-refractivity contribution < 1.29 is 39.0 Å². The second kappa shape index (κ2) is 14.2. The Morgan fingerprint density at radius 3 is 1.90 bits per heavy atom. The first-order chi connectivity index (χ1) is 14.0. The van der Waals surface area contributed by atoms with Crippen LogP contribution in [-0.4, -0.2) is 64.2 Å². The molecule has 0 aromatic rings. The number of unbranched alkanes of at least 4 members (excludes halogenated alkanes) is 1. The molecule has 11 heteroatoms. The molecule has 2 amide bonds. The van der Waals surface area contributed by atoms with Crippen LogP contribution < -0.4 is 16.4 Å². The third-order valence-electron chi connectivity index (χ3n) is 4.49. The number of hydrogen-bond donors (Lipinski definition) is 5. The monoisotopic (exact) mass is 429 g/mol. The summed E-state index contributed by atoms with van der Waals surface area (Å²) in [6, 6.07) is -2.30. The Hall–Kier alpha value is -2.82. The van der Waals surface area contributed by atoms with Crippen LogP contribution in [0.2, 0.25) is 0 Å². The van der Waals surface area contributed by atoms with Gasteiger partial charge in [0.25, 0.3) is 5.91 Å². The van der Waals surface area contributed by atoms with Crippen LogP contribution in [0.3, 0.4) is 0 Å². The second-order valence-electron chi connectivity index (χ2n) is 7.11. The minimum atomic E-state index is -1.16. The number of nitrogens with one attached hydrogen (secondary N) is 2. The molecule has 0 unspecified atom stereocenters. The summed E-state index contributed by atoms with van der Waals surface area (Å²) in [5, 5.41) is 22.2. The molecule has 0 radical (unpaired) electrons. The lowest BCUT2D eigenvalue weighted by Gasteiger charge is -2.21. The molecule has 0 fully saturated rings. The summed E-state index contributed by atoms with van der Waals surface area (Å²) >= 11 is 0. The van der Waals surface area contributed by atoms with E-state index in [9.17, 15) is 28.8 Å². The van der Waals surface area contributed by atoms with Gasteiger partial charge in [0.15, 0.2) is 5.78 Å². The molecule has 3 atom stereocenters. The number of amides is 2. The number of Topliss-reactive ketones (excluding diaryl/α,β-unsaturated/α-hetero) is 2. The lowest BCUT2D eigenvalue weighted by Crippen LogP contribution is -2.51. The highest BCUT2D eigenvalue weighted by molar-refractivity contribution is 6.38. The summed E-state index contributed by atoms with van der Waals surface area (Å²) in [4.78, 5) is 70.2. The summed E-state index contributed by atoms with van der Waals surface area (Å²) < 4.78 is 0. The van der Waals surface area contributed by atoms with Crippen molar-refractivity contribution in [1.82, 2.24) is 10.6 Å². The van der Waals surface area contributed by atoms with Gasteiger partial charge in [0.05, 0.1) is 12.1 Å². The van der Waals surface area contributed by atoms with Crippen molar-refractivity contribution in [2.75, 3.05) is 6.54 Å². The topological polar surface area (TPSA) is 193 Å². The van der Waals surface area contributed by atoms with Gasteiger partial charge < -0.3 is 26.6 Å². The van der Waals surface area contributed by atoms with Gasteiger partial charge in [-0.05, 0) is 45.6 Å². The molecule has 0 saturated carbocycles. The summed E-state index contributed by atoms with van der Waals surface area (Å²) in [5.41, 5.74) is 5.43. The molecular weight excluding hydrogens is 398 g/mol. The lowest BCUT2D eigenvalue weighted by molar-refractivity contribution is -0.142. The second-order valence-corrected chi connectivity index (χ2v) is 7.11. The van der Waals surface area contributed by atoms with Gasteiger partial charge in [-0.1, -0.05) is 6.92 Å². The van der Waals surface area contributed by atoms with E-state index in [4.69, 9.17) is 15.9 Å². The van der Waals surface area contributed by atoms with Gasteiger partial charge >= 0.3 is 11.9 Å². The van der Waals surface area contributed by atoms with Crippen molar-refractivity contribution in [3.8, 4) is 0 Å². The van der Waals surface area contributed by atoms with Crippen LogP contribution in [0.1, 0.15) is 58.8 Å². The van der Waals surface area contributed by atoms with Crippen molar-refractivity contribution in [1.29, 1.82) is 0 Å². The molecule has 0 bridgehead atoms. The van der Waals surface area contributed by atoms with Crippen molar-refractivity contribution in [2.45, 2.75) is 70.9 Å². The third-order valence-corrected chi connectivity index (χ3v) is 4.49. The van der Waals surface area contributed by atoms with E-state index in [1.54, 1.807) is 0 Å². The van der Waals surface area contributed by atoms with E-state index in [2.05, 4.69) is 10.6 Å². The SMILES string of the molecule is CC(=O)[C@H](CCC(=O)O)NC(=O)C(=O)[C@H](CCCCN)NC(=O)[C@@H](C)CCC(=O)O.